The molecule has 3 saturated carbocycles. The molecule has 4 aliphatic carbocycles. The monoisotopic (exact) mass is 344 g/mol. The maximum Gasteiger partial charge on any atom is 0.155 e. The first-order valence-electron chi connectivity index (χ1n) is 10.1. The second kappa shape index (κ2) is 5.28. The summed E-state index contributed by atoms with van der Waals surface area (Å²) in [6, 6.07) is 0. The van der Waals surface area contributed by atoms with Gasteiger partial charge in [-0.2, -0.15) is 0 Å². The summed E-state index contributed by atoms with van der Waals surface area (Å²) < 4.78 is 0. The number of carbonyl (C=O) groups is 2. The van der Waals surface area contributed by atoms with Crippen LogP contribution in [0.15, 0.2) is 11.6 Å². The molecule has 3 heteroatoms. The maximum atomic E-state index is 12.3. The van der Waals surface area contributed by atoms with Crippen molar-refractivity contribution in [1.82, 2.24) is 0 Å². The summed E-state index contributed by atoms with van der Waals surface area (Å²) in [5.41, 5.74) is 0.368. The van der Waals surface area contributed by atoms with Gasteiger partial charge >= 0.3 is 0 Å². The van der Waals surface area contributed by atoms with Gasteiger partial charge in [0.25, 0.3) is 0 Å². The lowest BCUT2D eigenvalue weighted by molar-refractivity contribution is -0.183. The Morgan fingerprint density at radius 1 is 1.16 bits per heavy atom. The highest BCUT2D eigenvalue weighted by Gasteiger charge is 2.65. The van der Waals surface area contributed by atoms with Gasteiger partial charge in [-0.05, 0) is 87.0 Å². The van der Waals surface area contributed by atoms with Crippen molar-refractivity contribution in [2.45, 2.75) is 78.2 Å². The number of aliphatic hydroxyl groups is 1. The van der Waals surface area contributed by atoms with Gasteiger partial charge in [-0.25, -0.2) is 0 Å². The van der Waals surface area contributed by atoms with Gasteiger partial charge in [0.1, 0.15) is 5.78 Å². The summed E-state index contributed by atoms with van der Waals surface area (Å²) in [7, 11) is 0. The molecule has 0 aromatic rings. The van der Waals surface area contributed by atoms with Gasteiger partial charge in [0.15, 0.2) is 5.78 Å². The fourth-order valence-electron chi connectivity index (χ4n) is 8.00. The minimum absolute atomic E-state index is 0.0596. The minimum Gasteiger partial charge on any atom is -0.390 e. The van der Waals surface area contributed by atoms with Crippen molar-refractivity contribution in [3.63, 3.8) is 0 Å². The summed E-state index contributed by atoms with van der Waals surface area (Å²) in [6.07, 6.45) is 8.21. The molecule has 0 bridgehead atoms. The first-order valence-corrected chi connectivity index (χ1v) is 10.1. The van der Waals surface area contributed by atoms with E-state index in [1.54, 1.807) is 6.92 Å². The smallest absolute Gasteiger partial charge is 0.155 e. The highest BCUT2D eigenvalue weighted by molar-refractivity contribution is 5.91. The topological polar surface area (TPSA) is 54.4 Å². The third kappa shape index (κ3) is 2.27. The minimum atomic E-state index is -0.775. The molecule has 0 saturated heterocycles. The summed E-state index contributed by atoms with van der Waals surface area (Å²) in [6.45, 7) is 8.29. The molecule has 138 valence electrons. The number of fused-ring (bicyclic) bond motifs is 5. The highest BCUT2D eigenvalue weighted by atomic mass is 16.3. The van der Waals surface area contributed by atoms with Gasteiger partial charge in [-0.15, -0.1) is 0 Å². The first-order chi connectivity index (χ1) is 11.6. The van der Waals surface area contributed by atoms with Crippen molar-refractivity contribution in [1.29, 1.82) is 0 Å². The molecule has 0 aliphatic heterocycles. The molecular weight excluding hydrogens is 312 g/mol. The molecule has 3 nitrogen and oxygen atoms in total. The van der Waals surface area contributed by atoms with Crippen LogP contribution in [0.3, 0.4) is 0 Å². The molecule has 0 heterocycles. The van der Waals surface area contributed by atoms with Crippen molar-refractivity contribution in [3.8, 4) is 0 Å². The van der Waals surface area contributed by atoms with Crippen LogP contribution in [0.1, 0.15) is 72.6 Å². The molecule has 4 rings (SSSR count). The summed E-state index contributed by atoms with van der Waals surface area (Å²) in [5.74, 6) is 1.85. The molecule has 0 aromatic carbocycles. The standard InChI is InChI=1S/C22H32O3/c1-13(23)17-7-8-18-16-6-5-14-11-15(24)9-10-20(14,2)19(16)22(4,25)12-21(17,18)3/h11,16-19,25H,5-10,12H2,1-4H3/t16-,17+,18-,19-,20-,21+,22-/m0/s1. The van der Waals surface area contributed by atoms with E-state index in [9.17, 15) is 14.7 Å². The SMILES string of the molecule is CC(=O)[C@H]1CC[C@H]2[C@@H]3CCC4=CC(=O)CC[C@]4(C)[C@H]3[C@@](C)(O)C[C@]12C. The fraction of sp³-hybridized carbons (Fsp3) is 0.818. The normalized spacial score (nSPS) is 52.0. The molecule has 7 atom stereocenters. The van der Waals surface area contributed by atoms with Gasteiger partial charge < -0.3 is 5.11 Å². The molecule has 3 fully saturated rings. The van der Waals surface area contributed by atoms with E-state index in [4.69, 9.17) is 0 Å². The van der Waals surface area contributed by atoms with E-state index in [0.717, 1.165) is 32.1 Å². The Bertz CT molecular complexity index is 660. The second-order valence-corrected chi connectivity index (χ2v) is 10.1. The lowest BCUT2D eigenvalue weighted by Gasteiger charge is -2.63. The zero-order valence-electron chi connectivity index (χ0n) is 16.1. The number of Topliss-reactive ketones (excluding diaryl/α,β-unsaturated/α-hetero) is 1. The molecule has 1 N–H and O–H groups in total. The zero-order chi connectivity index (χ0) is 18.2. The van der Waals surface area contributed by atoms with Crippen LogP contribution in [-0.4, -0.2) is 22.3 Å². The quantitative estimate of drug-likeness (QED) is 0.779. The Hall–Kier alpha value is -0.960. The lowest BCUT2D eigenvalue weighted by Crippen LogP contribution is -2.61. The molecule has 4 aliphatic rings. The molecule has 0 spiro atoms. The maximum absolute atomic E-state index is 12.3. The molecule has 0 aromatic heterocycles. The Morgan fingerprint density at radius 2 is 1.88 bits per heavy atom. The second-order valence-electron chi connectivity index (χ2n) is 10.1. The van der Waals surface area contributed by atoms with Crippen LogP contribution < -0.4 is 0 Å². The number of allylic oxidation sites excluding steroid dienone is 1. The summed E-state index contributed by atoms with van der Waals surface area (Å²) in [4.78, 5) is 24.2. The molecule has 0 unspecified atom stereocenters. The Balaban J connectivity index is 1.78. The largest absolute Gasteiger partial charge is 0.390 e. The van der Waals surface area contributed by atoms with Crippen LogP contribution in [0.5, 0.6) is 0 Å². The summed E-state index contributed by atoms with van der Waals surface area (Å²) in [5, 5.41) is 11.6. The third-order valence-electron chi connectivity index (χ3n) is 8.65. The van der Waals surface area contributed by atoms with Crippen molar-refractivity contribution in [2.24, 2.45) is 34.5 Å². The first kappa shape index (κ1) is 17.5. The average molecular weight is 344 g/mol. The van der Waals surface area contributed by atoms with Crippen LogP contribution in [0.2, 0.25) is 0 Å². The van der Waals surface area contributed by atoms with Crippen molar-refractivity contribution in [2.75, 3.05) is 0 Å². The van der Waals surface area contributed by atoms with Gasteiger partial charge in [0.2, 0.25) is 0 Å². The predicted octanol–water partition coefficient (Wildman–Crippen LogP) is 4.08. The van der Waals surface area contributed by atoms with E-state index in [1.165, 1.54) is 5.57 Å². The van der Waals surface area contributed by atoms with Crippen LogP contribution >= 0.6 is 0 Å². The van der Waals surface area contributed by atoms with Crippen molar-refractivity contribution < 1.29 is 14.7 Å². The number of hydrogen-bond acceptors (Lipinski definition) is 3. The van der Waals surface area contributed by atoms with Crippen molar-refractivity contribution in [3.05, 3.63) is 11.6 Å². The lowest BCUT2D eigenvalue weighted by atomic mass is 9.43. The fourth-order valence-corrected chi connectivity index (χ4v) is 8.00. The Morgan fingerprint density at radius 3 is 2.56 bits per heavy atom. The Kier molecular flexibility index (Phi) is 3.69. The van der Waals surface area contributed by atoms with Gasteiger partial charge in [-0.1, -0.05) is 19.4 Å². The number of rotatable bonds is 1. The number of hydrogen-bond donors (Lipinski definition) is 1. The number of ketones is 2. The van der Waals surface area contributed by atoms with Crippen LogP contribution in [0.4, 0.5) is 0 Å². The predicted molar refractivity (Wildman–Crippen MR) is 96.9 cm³/mol. The van der Waals surface area contributed by atoms with Crippen LogP contribution in [-0.2, 0) is 9.59 Å². The van der Waals surface area contributed by atoms with Crippen molar-refractivity contribution >= 4 is 11.6 Å². The van der Waals surface area contributed by atoms with E-state index >= 15 is 0 Å². The summed E-state index contributed by atoms with van der Waals surface area (Å²) >= 11 is 0. The van der Waals surface area contributed by atoms with Crippen LogP contribution in [0, 0.1) is 34.5 Å². The Labute approximate surface area is 151 Å². The molecular formula is C22H32O3. The molecule has 0 radical (unpaired) electrons. The van der Waals surface area contributed by atoms with Gasteiger partial charge in [0, 0.05) is 12.3 Å². The van der Waals surface area contributed by atoms with Crippen LogP contribution in [0.25, 0.3) is 0 Å². The highest BCUT2D eigenvalue weighted by Crippen LogP contribution is 2.69. The van der Waals surface area contributed by atoms with E-state index in [1.807, 2.05) is 13.0 Å². The van der Waals surface area contributed by atoms with Gasteiger partial charge in [-0.3, -0.25) is 9.59 Å². The van der Waals surface area contributed by atoms with E-state index < -0.39 is 5.60 Å². The third-order valence-corrected chi connectivity index (χ3v) is 8.65. The van der Waals surface area contributed by atoms with E-state index in [2.05, 4.69) is 13.8 Å². The molecule has 25 heavy (non-hydrogen) atoms. The van der Waals surface area contributed by atoms with E-state index in [0.29, 0.717) is 30.5 Å². The van der Waals surface area contributed by atoms with Gasteiger partial charge in [0.05, 0.1) is 5.60 Å². The number of carbonyl (C=O) groups excluding carboxylic acids is 2. The molecule has 0 amide bonds. The zero-order valence-corrected chi connectivity index (χ0v) is 16.1. The average Bonchev–Trinajstić information content (AvgIpc) is 2.83. The van der Waals surface area contributed by atoms with E-state index in [-0.39, 0.29) is 28.4 Å².